The van der Waals surface area contributed by atoms with Gasteiger partial charge in [0.05, 0.1) is 12.6 Å². The van der Waals surface area contributed by atoms with Gasteiger partial charge >= 0.3 is 0 Å². The highest BCUT2D eigenvalue weighted by Crippen LogP contribution is 2.25. The lowest BCUT2D eigenvalue weighted by molar-refractivity contribution is -0.123. The lowest BCUT2D eigenvalue weighted by atomic mass is 10.1. The van der Waals surface area contributed by atoms with Gasteiger partial charge in [-0.25, -0.2) is 4.98 Å². The second-order valence-corrected chi connectivity index (χ2v) is 6.38. The van der Waals surface area contributed by atoms with E-state index in [9.17, 15) is 4.79 Å². The van der Waals surface area contributed by atoms with E-state index in [1.807, 2.05) is 44.2 Å². The van der Waals surface area contributed by atoms with Crippen LogP contribution in [0.1, 0.15) is 32.8 Å². The first-order valence-corrected chi connectivity index (χ1v) is 8.89. The van der Waals surface area contributed by atoms with Crippen molar-refractivity contribution < 1.29 is 14.3 Å². The summed E-state index contributed by atoms with van der Waals surface area (Å²) in [5.74, 6) is 1.79. The fourth-order valence-corrected chi connectivity index (χ4v) is 2.19. The van der Waals surface area contributed by atoms with Gasteiger partial charge in [-0.2, -0.15) is 0 Å². The minimum Gasteiger partial charge on any atom is -0.494 e. The van der Waals surface area contributed by atoms with Crippen LogP contribution in [0.2, 0.25) is 0 Å². The van der Waals surface area contributed by atoms with Crippen LogP contribution in [-0.2, 0) is 11.3 Å². The molecule has 0 unspecified atom stereocenters. The van der Waals surface area contributed by atoms with Crippen molar-refractivity contribution in [2.75, 3.05) is 6.61 Å². The molecule has 140 valence electrons. The zero-order chi connectivity index (χ0) is 18.9. The molecule has 3 N–H and O–H groups in total. The Morgan fingerprint density at radius 2 is 1.88 bits per heavy atom. The van der Waals surface area contributed by atoms with E-state index in [-0.39, 0.29) is 11.8 Å². The van der Waals surface area contributed by atoms with E-state index in [2.05, 4.69) is 17.2 Å². The van der Waals surface area contributed by atoms with Gasteiger partial charge < -0.3 is 20.5 Å². The van der Waals surface area contributed by atoms with Crippen molar-refractivity contribution in [2.24, 2.45) is 11.7 Å². The zero-order valence-corrected chi connectivity index (χ0v) is 15.6. The fourth-order valence-electron chi connectivity index (χ4n) is 2.19. The number of rotatable bonds is 9. The number of amides is 1. The summed E-state index contributed by atoms with van der Waals surface area (Å²) < 4.78 is 11.4. The number of hydrogen-bond acceptors (Lipinski definition) is 5. The summed E-state index contributed by atoms with van der Waals surface area (Å²) in [5, 5.41) is 2.83. The molecule has 1 amide bonds. The van der Waals surface area contributed by atoms with Crippen LogP contribution in [-0.4, -0.2) is 23.5 Å². The number of ether oxygens (including phenoxy) is 2. The molecule has 0 fully saturated rings. The molecular formula is C20H27N3O3. The minimum absolute atomic E-state index is 0.0769. The van der Waals surface area contributed by atoms with E-state index >= 15 is 0 Å². The molecule has 0 saturated carbocycles. The predicted molar refractivity (Wildman–Crippen MR) is 101 cm³/mol. The SMILES string of the molecule is CCCOc1ccc(Oc2ncccc2CNC(=O)[C@@H](N)C(C)C)cc1. The predicted octanol–water partition coefficient (Wildman–Crippen LogP) is 3.26. The molecule has 26 heavy (non-hydrogen) atoms. The molecule has 1 aromatic carbocycles. The first-order chi connectivity index (χ1) is 12.5. The Balaban J connectivity index is 2.01. The zero-order valence-electron chi connectivity index (χ0n) is 15.6. The molecule has 0 spiro atoms. The van der Waals surface area contributed by atoms with Crippen molar-refractivity contribution in [3.8, 4) is 17.4 Å². The normalized spacial score (nSPS) is 11.9. The average molecular weight is 357 g/mol. The van der Waals surface area contributed by atoms with Crippen LogP contribution in [0.5, 0.6) is 17.4 Å². The molecule has 0 aliphatic heterocycles. The molecule has 6 heteroatoms. The van der Waals surface area contributed by atoms with E-state index in [1.165, 1.54) is 0 Å². The molecule has 1 heterocycles. The highest BCUT2D eigenvalue weighted by molar-refractivity contribution is 5.81. The van der Waals surface area contributed by atoms with Crippen LogP contribution in [0.25, 0.3) is 0 Å². The topological polar surface area (TPSA) is 86.5 Å². The van der Waals surface area contributed by atoms with Gasteiger partial charge in [0.25, 0.3) is 0 Å². The Morgan fingerprint density at radius 3 is 2.54 bits per heavy atom. The standard InChI is InChI=1S/C20H27N3O3/c1-4-12-25-16-7-9-17(10-8-16)26-20-15(6-5-11-22-20)13-23-19(24)18(21)14(2)3/h5-11,14,18H,4,12-13,21H2,1-3H3,(H,23,24)/t18-/m0/s1. The number of nitrogens with one attached hydrogen (secondary N) is 1. The molecule has 6 nitrogen and oxygen atoms in total. The molecule has 2 rings (SSSR count). The number of carbonyl (C=O) groups is 1. The number of pyridine rings is 1. The Morgan fingerprint density at radius 1 is 1.19 bits per heavy atom. The van der Waals surface area contributed by atoms with Crippen LogP contribution < -0.4 is 20.5 Å². The van der Waals surface area contributed by atoms with Gasteiger partial charge in [-0.3, -0.25) is 4.79 Å². The van der Waals surface area contributed by atoms with Gasteiger partial charge in [0, 0.05) is 18.3 Å². The Bertz CT molecular complexity index is 702. The van der Waals surface area contributed by atoms with Crippen LogP contribution in [0, 0.1) is 5.92 Å². The molecule has 2 aromatic rings. The number of aromatic nitrogens is 1. The van der Waals surface area contributed by atoms with Crippen LogP contribution >= 0.6 is 0 Å². The third-order valence-electron chi connectivity index (χ3n) is 3.84. The van der Waals surface area contributed by atoms with Crippen LogP contribution in [0.4, 0.5) is 0 Å². The maximum absolute atomic E-state index is 12.0. The second-order valence-electron chi connectivity index (χ2n) is 6.38. The van der Waals surface area contributed by atoms with Crippen molar-refractivity contribution in [1.29, 1.82) is 0 Å². The molecule has 0 saturated heterocycles. The van der Waals surface area contributed by atoms with Crippen LogP contribution in [0.3, 0.4) is 0 Å². The maximum Gasteiger partial charge on any atom is 0.237 e. The van der Waals surface area contributed by atoms with Gasteiger partial charge in [-0.05, 0) is 42.7 Å². The number of nitrogens with two attached hydrogens (primary N) is 1. The third kappa shape index (κ3) is 5.74. The van der Waals surface area contributed by atoms with E-state index in [1.54, 1.807) is 12.3 Å². The largest absolute Gasteiger partial charge is 0.494 e. The minimum atomic E-state index is -0.535. The van der Waals surface area contributed by atoms with E-state index < -0.39 is 6.04 Å². The van der Waals surface area contributed by atoms with E-state index in [0.29, 0.717) is 24.8 Å². The first-order valence-electron chi connectivity index (χ1n) is 8.89. The van der Waals surface area contributed by atoms with Gasteiger partial charge in [0.15, 0.2) is 0 Å². The quantitative estimate of drug-likeness (QED) is 0.719. The number of hydrogen-bond donors (Lipinski definition) is 2. The highest BCUT2D eigenvalue weighted by Gasteiger charge is 2.17. The van der Waals surface area contributed by atoms with Gasteiger partial charge in [0.2, 0.25) is 11.8 Å². The molecule has 0 bridgehead atoms. The lowest BCUT2D eigenvalue weighted by Crippen LogP contribution is -2.43. The van der Waals surface area contributed by atoms with Gasteiger partial charge in [-0.15, -0.1) is 0 Å². The smallest absolute Gasteiger partial charge is 0.237 e. The average Bonchev–Trinajstić information content (AvgIpc) is 2.65. The first kappa shape index (κ1) is 19.7. The Labute approximate surface area is 154 Å². The van der Waals surface area contributed by atoms with Gasteiger partial charge in [-0.1, -0.05) is 26.8 Å². The van der Waals surface area contributed by atoms with Crippen molar-refractivity contribution in [3.63, 3.8) is 0 Å². The molecular weight excluding hydrogens is 330 g/mol. The fraction of sp³-hybridized carbons (Fsp3) is 0.400. The molecule has 0 aliphatic carbocycles. The molecule has 1 aromatic heterocycles. The van der Waals surface area contributed by atoms with Crippen molar-refractivity contribution in [2.45, 2.75) is 39.8 Å². The summed E-state index contributed by atoms with van der Waals surface area (Å²) in [7, 11) is 0. The Kier molecular flexibility index (Phi) is 7.41. The summed E-state index contributed by atoms with van der Waals surface area (Å²) in [5.41, 5.74) is 6.64. The number of benzene rings is 1. The van der Waals surface area contributed by atoms with E-state index in [4.69, 9.17) is 15.2 Å². The van der Waals surface area contributed by atoms with Crippen molar-refractivity contribution in [3.05, 3.63) is 48.2 Å². The van der Waals surface area contributed by atoms with Gasteiger partial charge in [0.1, 0.15) is 11.5 Å². The number of nitrogens with zero attached hydrogens (tertiary/aromatic N) is 1. The number of carbonyl (C=O) groups excluding carboxylic acids is 1. The van der Waals surface area contributed by atoms with Crippen molar-refractivity contribution in [1.82, 2.24) is 10.3 Å². The van der Waals surface area contributed by atoms with E-state index in [0.717, 1.165) is 17.7 Å². The summed E-state index contributed by atoms with van der Waals surface area (Å²) in [6.45, 7) is 6.88. The lowest BCUT2D eigenvalue weighted by Gasteiger charge is -2.16. The van der Waals surface area contributed by atoms with Crippen molar-refractivity contribution >= 4 is 5.91 Å². The highest BCUT2D eigenvalue weighted by atomic mass is 16.5. The van der Waals surface area contributed by atoms with Crippen LogP contribution in [0.15, 0.2) is 42.6 Å². The summed E-state index contributed by atoms with van der Waals surface area (Å²) in [6, 6.07) is 10.5. The maximum atomic E-state index is 12.0. The summed E-state index contributed by atoms with van der Waals surface area (Å²) >= 11 is 0. The third-order valence-corrected chi connectivity index (χ3v) is 3.84. The monoisotopic (exact) mass is 357 g/mol. The molecule has 0 aliphatic rings. The summed E-state index contributed by atoms with van der Waals surface area (Å²) in [6.07, 6.45) is 2.61. The molecule has 0 radical (unpaired) electrons. The summed E-state index contributed by atoms with van der Waals surface area (Å²) in [4.78, 5) is 16.3. The second kappa shape index (κ2) is 9.77. The molecule has 1 atom stereocenters. The Hall–Kier alpha value is -2.60.